The Balaban J connectivity index is 1.82. The van der Waals surface area contributed by atoms with Gasteiger partial charge in [-0.1, -0.05) is 18.2 Å². The Labute approximate surface area is 180 Å². The molecule has 4 nitrogen and oxygen atoms in total. The second-order valence-corrected chi connectivity index (χ2v) is 7.81. The van der Waals surface area contributed by atoms with Crippen LogP contribution in [0.25, 0.3) is 0 Å². The SMILES string of the molecule is COc1ccc(C(=O)Nc2ccccc2Br)cc1COc1cc(C)cc(C)c1C. The molecular weight excluding hydrogens is 430 g/mol. The highest BCUT2D eigenvalue weighted by Crippen LogP contribution is 2.27. The van der Waals surface area contributed by atoms with Gasteiger partial charge in [0.15, 0.2) is 0 Å². The highest BCUT2D eigenvalue weighted by Gasteiger charge is 2.13. The molecule has 150 valence electrons. The number of nitrogens with one attached hydrogen (secondary N) is 1. The molecule has 3 aromatic rings. The fourth-order valence-corrected chi connectivity index (χ4v) is 3.48. The van der Waals surface area contributed by atoms with E-state index < -0.39 is 0 Å². The number of carbonyl (C=O) groups is 1. The number of amides is 1. The Bertz CT molecular complexity index is 1050. The molecular formula is C24H24BrNO3. The molecule has 3 rings (SSSR count). The molecule has 3 aromatic carbocycles. The topological polar surface area (TPSA) is 47.6 Å². The summed E-state index contributed by atoms with van der Waals surface area (Å²) >= 11 is 3.45. The second-order valence-electron chi connectivity index (χ2n) is 6.95. The lowest BCUT2D eigenvalue weighted by Gasteiger charge is -2.15. The minimum absolute atomic E-state index is 0.191. The summed E-state index contributed by atoms with van der Waals surface area (Å²) < 4.78 is 12.4. The summed E-state index contributed by atoms with van der Waals surface area (Å²) in [7, 11) is 1.61. The molecule has 0 unspecified atom stereocenters. The average molecular weight is 454 g/mol. The third-order valence-corrected chi connectivity index (χ3v) is 5.50. The van der Waals surface area contributed by atoms with Gasteiger partial charge in [0.05, 0.1) is 12.8 Å². The molecule has 29 heavy (non-hydrogen) atoms. The monoisotopic (exact) mass is 453 g/mol. The molecule has 0 heterocycles. The first-order chi connectivity index (χ1) is 13.9. The van der Waals surface area contributed by atoms with Gasteiger partial charge in [0.1, 0.15) is 18.1 Å². The molecule has 0 fully saturated rings. The number of ether oxygens (including phenoxy) is 2. The third kappa shape index (κ3) is 4.98. The van der Waals surface area contributed by atoms with E-state index in [9.17, 15) is 4.79 Å². The number of rotatable bonds is 6. The number of hydrogen-bond acceptors (Lipinski definition) is 3. The van der Waals surface area contributed by atoms with Crippen LogP contribution >= 0.6 is 15.9 Å². The summed E-state index contributed by atoms with van der Waals surface area (Å²) in [6.45, 7) is 6.47. The van der Waals surface area contributed by atoms with Crippen LogP contribution in [-0.2, 0) is 6.61 Å². The van der Waals surface area contributed by atoms with Crippen molar-refractivity contribution in [2.45, 2.75) is 27.4 Å². The number of carbonyl (C=O) groups excluding carboxylic acids is 1. The zero-order valence-electron chi connectivity index (χ0n) is 17.0. The highest BCUT2D eigenvalue weighted by atomic mass is 79.9. The van der Waals surface area contributed by atoms with Gasteiger partial charge in [0.2, 0.25) is 0 Å². The van der Waals surface area contributed by atoms with Gasteiger partial charge >= 0.3 is 0 Å². The number of aryl methyl sites for hydroxylation is 2. The second kappa shape index (κ2) is 9.14. The van der Waals surface area contributed by atoms with Crippen LogP contribution < -0.4 is 14.8 Å². The van der Waals surface area contributed by atoms with Crippen LogP contribution in [0.1, 0.15) is 32.6 Å². The molecule has 1 amide bonds. The van der Waals surface area contributed by atoms with E-state index in [4.69, 9.17) is 9.47 Å². The molecule has 1 N–H and O–H groups in total. The van der Waals surface area contributed by atoms with Crippen LogP contribution in [0.5, 0.6) is 11.5 Å². The van der Waals surface area contributed by atoms with Crippen molar-refractivity contribution in [2.24, 2.45) is 0 Å². The largest absolute Gasteiger partial charge is 0.496 e. The molecule has 0 bridgehead atoms. The van der Waals surface area contributed by atoms with Crippen molar-refractivity contribution in [2.75, 3.05) is 12.4 Å². The Hall–Kier alpha value is -2.79. The van der Waals surface area contributed by atoms with Crippen LogP contribution in [0.2, 0.25) is 0 Å². The third-order valence-electron chi connectivity index (χ3n) is 4.81. The van der Waals surface area contributed by atoms with E-state index in [2.05, 4.69) is 34.2 Å². The van der Waals surface area contributed by atoms with Gasteiger partial charge in [-0.2, -0.15) is 0 Å². The Morgan fingerprint density at radius 3 is 2.48 bits per heavy atom. The van der Waals surface area contributed by atoms with E-state index in [-0.39, 0.29) is 5.91 Å². The predicted octanol–water partition coefficient (Wildman–Crippen LogP) is 6.21. The van der Waals surface area contributed by atoms with Gasteiger partial charge in [-0.25, -0.2) is 0 Å². The number of hydrogen-bond donors (Lipinski definition) is 1. The number of methoxy groups -OCH3 is 1. The van der Waals surface area contributed by atoms with E-state index in [1.807, 2.05) is 50.2 Å². The predicted molar refractivity (Wildman–Crippen MR) is 120 cm³/mol. The smallest absolute Gasteiger partial charge is 0.255 e. The number of anilines is 1. The lowest BCUT2D eigenvalue weighted by Crippen LogP contribution is -2.13. The van der Waals surface area contributed by atoms with Gasteiger partial charge in [0.25, 0.3) is 5.91 Å². The summed E-state index contributed by atoms with van der Waals surface area (Å²) in [5, 5.41) is 2.92. The molecule has 0 aliphatic heterocycles. The maximum absolute atomic E-state index is 12.7. The van der Waals surface area contributed by atoms with Crippen molar-refractivity contribution < 1.29 is 14.3 Å². The zero-order valence-corrected chi connectivity index (χ0v) is 18.6. The van der Waals surface area contributed by atoms with E-state index in [1.165, 1.54) is 5.56 Å². The molecule has 0 saturated heterocycles. The molecule has 0 atom stereocenters. The van der Waals surface area contributed by atoms with Gasteiger partial charge in [-0.3, -0.25) is 4.79 Å². The van der Waals surface area contributed by atoms with E-state index in [1.54, 1.807) is 19.2 Å². The molecule has 0 spiro atoms. The lowest BCUT2D eigenvalue weighted by molar-refractivity contribution is 0.102. The van der Waals surface area contributed by atoms with Crippen molar-refractivity contribution in [3.8, 4) is 11.5 Å². The average Bonchev–Trinajstić information content (AvgIpc) is 2.71. The maximum Gasteiger partial charge on any atom is 0.255 e. The van der Waals surface area contributed by atoms with Crippen molar-refractivity contribution in [1.29, 1.82) is 0 Å². The summed E-state index contributed by atoms with van der Waals surface area (Å²) in [6.07, 6.45) is 0. The van der Waals surface area contributed by atoms with E-state index in [0.29, 0.717) is 17.9 Å². The van der Waals surface area contributed by atoms with Crippen molar-refractivity contribution in [1.82, 2.24) is 0 Å². The first-order valence-electron chi connectivity index (χ1n) is 9.32. The molecule has 0 aromatic heterocycles. The minimum atomic E-state index is -0.191. The zero-order chi connectivity index (χ0) is 21.0. The number of para-hydroxylation sites is 1. The van der Waals surface area contributed by atoms with Crippen LogP contribution in [0.15, 0.2) is 59.1 Å². The summed E-state index contributed by atoms with van der Waals surface area (Å²) in [5.74, 6) is 1.33. The van der Waals surface area contributed by atoms with Crippen LogP contribution in [0.3, 0.4) is 0 Å². The van der Waals surface area contributed by atoms with Crippen molar-refractivity contribution >= 4 is 27.5 Å². The molecule has 5 heteroatoms. The Morgan fingerprint density at radius 1 is 1.00 bits per heavy atom. The van der Waals surface area contributed by atoms with E-state index >= 15 is 0 Å². The first kappa shape index (κ1) is 20.9. The first-order valence-corrected chi connectivity index (χ1v) is 10.1. The van der Waals surface area contributed by atoms with Crippen LogP contribution in [-0.4, -0.2) is 13.0 Å². The molecule has 0 aliphatic carbocycles. The van der Waals surface area contributed by atoms with Gasteiger partial charge in [0, 0.05) is 15.6 Å². The number of benzene rings is 3. The fraction of sp³-hybridized carbons (Fsp3) is 0.208. The van der Waals surface area contributed by atoms with Crippen molar-refractivity contribution in [3.63, 3.8) is 0 Å². The van der Waals surface area contributed by atoms with Crippen molar-refractivity contribution in [3.05, 3.63) is 86.9 Å². The standard InChI is InChI=1S/C24H24BrNO3/c1-15-11-16(2)17(3)23(12-15)29-14-19-13-18(9-10-22(19)28-4)24(27)26-21-8-6-5-7-20(21)25/h5-13H,14H2,1-4H3,(H,26,27). The Morgan fingerprint density at radius 2 is 1.76 bits per heavy atom. The molecule has 0 aliphatic rings. The number of halogens is 1. The quantitative estimate of drug-likeness (QED) is 0.482. The Kier molecular flexibility index (Phi) is 6.60. The summed E-state index contributed by atoms with van der Waals surface area (Å²) in [5.41, 5.74) is 5.52. The van der Waals surface area contributed by atoms with Gasteiger partial charge < -0.3 is 14.8 Å². The van der Waals surface area contributed by atoms with Crippen LogP contribution in [0, 0.1) is 20.8 Å². The van der Waals surface area contributed by atoms with E-state index in [0.717, 1.165) is 32.6 Å². The van der Waals surface area contributed by atoms with Gasteiger partial charge in [-0.15, -0.1) is 0 Å². The van der Waals surface area contributed by atoms with Gasteiger partial charge in [-0.05, 0) is 89.8 Å². The lowest BCUT2D eigenvalue weighted by atomic mass is 10.1. The molecule has 0 saturated carbocycles. The normalized spacial score (nSPS) is 10.5. The minimum Gasteiger partial charge on any atom is -0.496 e. The molecule has 0 radical (unpaired) electrons. The van der Waals surface area contributed by atoms with Crippen LogP contribution in [0.4, 0.5) is 5.69 Å². The maximum atomic E-state index is 12.7. The summed E-state index contributed by atoms with van der Waals surface area (Å²) in [6, 6.07) is 17.0. The highest BCUT2D eigenvalue weighted by molar-refractivity contribution is 9.10. The summed E-state index contributed by atoms with van der Waals surface area (Å²) in [4.78, 5) is 12.7. The fourth-order valence-electron chi connectivity index (χ4n) is 3.10.